The van der Waals surface area contributed by atoms with Crippen molar-refractivity contribution in [2.75, 3.05) is 6.61 Å². The molecule has 0 aliphatic rings. The molecule has 1 aromatic carbocycles. The van der Waals surface area contributed by atoms with E-state index in [0.29, 0.717) is 6.10 Å². The van der Waals surface area contributed by atoms with Gasteiger partial charge in [0.25, 0.3) is 0 Å². The van der Waals surface area contributed by atoms with Crippen LogP contribution < -0.4 is 0 Å². The van der Waals surface area contributed by atoms with Crippen LogP contribution >= 0.6 is 0 Å². The minimum absolute atomic E-state index is 0.327. The molecule has 0 bridgehead atoms. The van der Waals surface area contributed by atoms with E-state index in [9.17, 15) is 0 Å². The number of ether oxygens (including phenoxy) is 1. The topological polar surface area (TPSA) is 9.23 Å². The Kier molecular flexibility index (Phi) is 3.97. The number of rotatable bonds is 4. The van der Waals surface area contributed by atoms with Gasteiger partial charge in [-0.1, -0.05) is 29.8 Å². The molecule has 1 rings (SSSR count). The van der Waals surface area contributed by atoms with Crippen molar-refractivity contribution < 1.29 is 4.74 Å². The van der Waals surface area contributed by atoms with Gasteiger partial charge >= 0.3 is 0 Å². The lowest BCUT2D eigenvalue weighted by molar-refractivity contribution is 0.0768. The molecule has 0 saturated carbocycles. The fourth-order valence-corrected chi connectivity index (χ4v) is 1.40. The summed E-state index contributed by atoms with van der Waals surface area (Å²) in [5.74, 6) is 0. The summed E-state index contributed by atoms with van der Waals surface area (Å²) in [6.45, 7) is 7.05. The first-order chi connectivity index (χ1) is 6.22. The van der Waals surface area contributed by atoms with Gasteiger partial charge in [0.05, 0.1) is 6.10 Å². The summed E-state index contributed by atoms with van der Waals surface area (Å²) in [7, 11) is 0. The van der Waals surface area contributed by atoms with Crippen LogP contribution in [0.25, 0.3) is 0 Å². The summed E-state index contributed by atoms with van der Waals surface area (Å²) >= 11 is 0. The maximum absolute atomic E-state index is 5.48. The van der Waals surface area contributed by atoms with E-state index in [1.807, 2.05) is 6.92 Å². The second-order valence-corrected chi connectivity index (χ2v) is 3.46. The van der Waals surface area contributed by atoms with E-state index in [-0.39, 0.29) is 0 Å². The van der Waals surface area contributed by atoms with Crippen molar-refractivity contribution in [3.8, 4) is 0 Å². The molecule has 0 aromatic heterocycles. The molecule has 0 heterocycles. The quantitative estimate of drug-likeness (QED) is 0.688. The van der Waals surface area contributed by atoms with Crippen LogP contribution in [0.4, 0.5) is 0 Å². The molecule has 1 atom stereocenters. The van der Waals surface area contributed by atoms with Gasteiger partial charge in [-0.2, -0.15) is 0 Å². The van der Waals surface area contributed by atoms with Gasteiger partial charge in [0.1, 0.15) is 0 Å². The van der Waals surface area contributed by atoms with Crippen LogP contribution in [0.15, 0.2) is 24.3 Å². The third-order valence-corrected chi connectivity index (χ3v) is 2.09. The second-order valence-electron chi connectivity index (χ2n) is 3.46. The molecule has 72 valence electrons. The molecular weight excluding hydrogens is 160 g/mol. The molecule has 0 saturated heterocycles. The van der Waals surface area contributed by atoms with Crippen molar-refractivity contribution in [2.45, 2.75) is 33.3 Å². The third kappa shape index (κ3) is 3.60. The number of benzene rings is 1. The third-order valence-electron chi connectivity index (χ3n) is 2.09. The molecule has 13 heavy (non-hydrogen) atoms. The zero-order chi connectivity index (χ0) is 9.68. The minimum atomic E-state index is 0.327. The Balaban J connectivity index is 2.49. The first kappa shape index (κ1) is 10.3. The highest BCUT2D eigenvalue weighted by Gasteiger charge is 2.01. The highest BCUT2D eigenvalue weighted by Crippen LogP contribution is 2.07. The second kappa shape index (κ2) is 5.03. The van der Waals surface area contributed by atoms with E-state index >= 15 is 0 Å². The van der Waals surface area contributed by atoms with Crippen LogP contribution in [-0.4, -0.2) is 12.7 Å². The molecule has 0 spiro atoms. The lowest BCUT2D eigenvalue weighted by atomic mass is 10.1. The van der Waals surface area contributed by atoms with Gasteiger partial charge in [0.15, 0.2) is 0 Å². The molecule has 0 aliphatic heterocycles. The Bertz CT molecular complexity index is 238. The predicted octanol–water partition coefficient (Wildman–Crippen LogP) is 2.96. The highest BCUT2D eigenvalue weighted by atomic mass is 16.5. The smallest absolute Gasteiger partial charge is 0.0587 e. The van der Waals surface area contributed by atoms with Gasteiger partial charge in [-0.25, -0.2) is 0 Å². The van der Waals surface area contributed by atoms with E-state index in [1.165, 1.54) is 11.1 Å². The minimum Gasteiger partial charge on any atom is -0.378 e. The number of aryl methyl sites for hydroxylation is 1. The van der Waals surface area contributed by atoms with Crippen LogP contribution in [0.1, 0.15) is 25.0 Å². The lowest BCUT2D eigenvalue weighted by Crippen LogP contribution is -2.11. The van der Waals surface area contributed by atoms with Gasteiger partial charge in [0, 0.05) is 6.61 Å². The molecule has 1 nitrogen and oxygen atoms in total. The molecule has 0 amide bonds. The predicted molar refractivity (Wildman–Crippen MR) is 56.0 cm³/mol. The van der Waals surface area contributed by atoms with Crippen LogP contribution in [-0.2, 0) is 11.2 Å². The summed E-state index contributed by atoms with van der Waals surface area (Å²) in [6, 6.07) is 8.64. The van der Waals surface area contributed by atoms with Gasteiger partial charge < -0.3 is 4.74 Å². The van der Waals surface area contributed by atoms with Crippen molar-refractivity contribution in [3.63, 3.8) is 0 Å². The highest BCUT2D eigenvalue weighted by molar-refractivity contribution is 5.21. The Hall–Kier alpha value is -0.820. The Morgan fingerprint density at radius 2 is 1.85 bits per heavy atom. The summed E-state index contributed by atoms with van der Waals surface area (Å²) in [6.07, 6.45) is 1.33. The Morgan fingerprint density at radius 3 is 2.38 bits per heavy atom. The summed E-state index contributed by atoms with van der Waals surface area (Å²) in [4.78, 5) is 0. The standard InChI is InChI=1S/C12H18O/c1-4-13-11(3)9-12-7-5-10(2)6-8-12/h5-8,11H,4,9H2,1-3H3. The van der Waals surface area contributed by atoms with Crippen molar-refractivity contribution in [1.82, 2.24) is 0 Å². The maximum Gasteiger partial charge on any atom is 0.0587 e. The first-order valence-electron chi connectivity index (χ1n) is 4.89. The van der Waals surface area contributed by atoms with E-state index in [2.05, 4.69) is 38.1 Å². The molecule has 1 heteroatoms. The fourth-order valence-electron chi connectivity index (χ4n) is 1.40. The van der Waals surface area contributed by atoms with Gasteiger partial charge in [-0.3, -0.25) is 0 Å². The molecular formula is C12H18O. The SMILES string of the molecule is CCOC(C)Cc1ccc(C)cc1. The van der Waals surface area contributed by atoms with E-state index in [4.69, 9.17) is 4.74 Å². The monoisotopic (exact) mass is 178 g/mol. The van der Waals surface area contributed by atoms with Crippen LogP contribution in [0.2, 0.25) is 0 Å². The lowest BCUT2D eigenvalue weighted by Gasteiger charge is -2.11. The summed E-state index contributed by atoms with van der Waals surface area (Å²) < 4.78 is 5.48. The molecule has 0 aliphatic carbocycles. The van der Waals surface area contributed by atoms with Crippen molar-refractivity contribution in [1.29, 1.82) is 0 Å². The van der Waals surface area contributed by atoms with Crippen LogP contribution in [0.3, 0.4) is 0 Å². The van der Waals surface area contributed by atoms with Crippen molar-refractivity contribution in [2.24, 2.45) is 0 Å². The molecule has 0 fully saturated rings. The number of hydrogen-bond acceptors (Lipinski definition) is 1. The number of hydrogen-bond donors (Lipinski definition) is 0. The van der Waals surface area contributed by atoms with Gasteiger partial charge in [0.2, 0.25) is 0 Å². The van der Waals surface area contributed by atoms with Gasteiger partial charge in [-0.15, -0.1) is 0 Å². The molecule has 1 unspecified atom stereocenters. The average Bonchev–Trinajstić information content (AvgIpc) is 2.09. The van der Waals surface area contributed by atoms with Crippen LogP contribution in [0, 0.1) is 6.92 Å². The van der Waals surface area contributed by atoms with E-state index in [1.54, 1.807) is 0 Å². The normalized spacial score (nSPS) is 12.8. The molecule has 1 aromatic rings. The molecule has 0 N–H and O–H groups in total. The van der Waals surface area contributed by atoms with Crippen molar-refractivity contribution >= 4 is 0 Å². The molecule has 0 radical (unpaired) electrons. The zero-order valence-electron chi connectivity index (χ0n) is 8.71. The maximum atomic E-state index is 5.48. The van der Waals surface area contributed by atoms with E-state index in [0.717, 1.165) is 13.0 Å². The average molecular weight is 178 g/mol. The summed E-state index contributed by atoms with van der Waals surface area (Å²) in [5, 5.41) is 0. The zero-order valence-corrected chi connectivity index (χ0v) is 8.71. The first-order valence-corrected chi connectivity index (χ1v) is 4.89. The summed E-state index contributed by atoms with van der Waals surface area (Å²) in [5.41, 5.74) is 2.67. The van der Waals surface area contributed by atoms with E-state index < -0.39 is 0 Å². The Morgan fingerprint density at radius 1 is 1.23 bits per heavy atom. The van der Waals surface area contributed by atoms with Crippen LogP contribution in [0.5, 0.6) is 0 Å². The largest absolute Gasteiger partial charge is 0.378 e. The van der Waals surface area contributed by atoms with Crippen molar-refractivity contribution in [3.05, 3.63) is 35.4 Å². The Labute approximate surface area is 80.7 Å². The fraction of sp³-hybridized carbons (Fsp3) is 0.500. The van der Waals surface area contributed by atoms with Gasteiger partial charge in [-0.05, 0) is 32.8 Å².